The minimum absolute atomic E-state index is 0.0598. The number of phenols is 1. The second kappa shape index (κ2) is 23.3. The van der Waals surface area contributed by atoms with Crippen molar-refractivity contribution in [3.63, 3.8) is 0 Å². The number of aromatic nitrogens is 1. The molecule has 1 saturated heterocycles. The number of piperidine rings is 1. The highest BCUT2D eigenvalue weighted by Gasteiger charge is 2.42. The van der Waals surface area contributed by atoms with Crippen LogP contribution in [0.15, 0.2) is 163 Å². The molecule has 2 heterocycles. The number of ether oxygens (including phenoxy) is 2. The number of hydrogen-bond acceptors (Lipinski definition) is 11. The van der Waals surface area contributed by atoms with Crippen molar-refractivity contribution in [1.29, 1.82) is 0 Å². The standard InChI is InChI=1S/C59H61N5O9/c65-52-24-22-50(51-23-25-54(67)63-55(51)52)53(66)35-60-29-26-39-14-18-43(19-15-39)56(68)61-47-33-48(34-47)62-57(69)44-20-16-41(17-21-44)37-72-49-13-7-12-46(32-49)59(71,45-10-5-2-6-11-45)58(70)73-38-42-27-30-64(31-28-42)36-40-8-3-1-4-9-40/h1-25,32,42,47-48,53,60,65-66,71H,26-31,33-38H2,(H,61,68)(H,62,69)(H,63,67)/t47?,48?,53-,59?/m0/s1. The van der Waals surface area contributed by atoms with Gasteiger partial charge in [-0.3, -0.25) is 19.3 Å². The Balaban J connectivity index is 0.694. The number of nitrogens with zero attached hydrogens (tertiary/aromatic N) is 1. The minimum Gasteiger partial charge on any atom is -0.506 e. The molecule has 73 heavy (non-hydrogen) atoms. The summed E-state index contributed by atoms with van der Waals surface area (Å²) in [6, 6.07) is 46.5. The predicted octanol–water partition coefficient (Wildman–Crippen LogP) is 7.06. The van der Waals surface area contributed by atoms with Gasteiger partial charge in [-0.2, -0.15) is 0 Å². The van der Waals surface area contributed by atoms with E-state index in [2.05, 4.69) is 50.1 Å². The predicted molar refractivity (Wildman–Crippen MR) is 278 cm³/mol. The number of nitrogens with one attached hydrogen (secondary N) is 4. The summed E-state index contributed by atoms with van der Waals surface area (Å²) in [5.41, 5.74) is 3.38. The van der Waals surface area contributed by atoms with Crippen molar-refractivity contribution in [3.8, 4) is 11.5 Å². The number of likely N-dealkylation sites (tertiary alicyclic amines) is 1. The third-order valence-corrected chi connectivity index (χ3v) is 14.0. The second-order valence-electron chi connectivity index (χ2n) is 19.2. The monoisotopic (exact) mass is 983 g/mol. The van der Waals surface area contributed by atoms with Crippen LogP contribution in [0.3, 0.4) is 0 Å². The maximum Gasteiger partial charge on any atom is 0.347 e. The molecule has 376 valence electrons. The topological polar surface area (TPSA) is 203 Å². The van der Waals surface area contributed by atoms with E-state index in [0.717, 1.165) is 43.6 Å². The highest BCUT2D eigenvalue weighted by Crippen LogP contribution is 2.34. The van der Waals surface area contributed by atoms with Gasteiger partial charge in [0, 0.05) is 53.3 Å². The summed E-state index contributed by atoms with van der Waals surface area (Å²) in [7, 11) is 0. The Kier molecular flexibility index (Phi) is 16.1. The van der Waals surface area contributed by atoms with Gasteiger partial charge in [0.2, 0.25) is 11.2 Å². The molecule has 2 atom stereocenters. The molecule has 14 heteroatoms. The van der Waals surface area contributed by atoms with Crippen molar-refractivity contribution >= 4 is 28.7 Å². The maximum absolute atomic E-state index is 13.9. The van der Waals surface area contributed by atoms with Gasteiger partial charge in [-0.25, -0.2) is 4.79 Å². The van der Waals surface area contributed by atoms with Crippen molar-refractivity contribution in [2.75, 3.05) is 32.8 Å². The van der Waals surface area contributed by atoms with Crippen molar-refractivity contribution in [1.82, 2.24) is 25.8 Å². The van der Waals surface area contributed by atoms with E-state index in [0.29, 0.717) is 64.8 Å². The first-order valence-corrected chi connectivity index (χ1v) is 25.0. The molecule has 1 aliphatic carbocycles. The van der Waals surface area contributed by atoms with E-state index >= 15 is 0 Å². The number of carbonyl (C=O) groups excluding carboxylic acids is 3. The summed E-state index contributed by atoms with van der Waals surface area (Å²) < 4.78 is 12.1. The van der Waals surface area contributed by atoms with Gasteiger partial charge in [0.25, 0.3) is 11.8 Å². The summed E-state index contributed by atoms with van der Waals surface area (Å²) in [4.78, 5) is 56.9. The maximum atomic E-state index is 13.9. The molecule has 0 radical (unpaired) electrons. The number of aliphatic hydroxyl groups is 2. The van der Waals surface area contributed by atoms with Gasteiger partial charge < -0.3 is 45.7 Å². The summed E-state index contributed by atoms with van der Waals surface area (Å²) in [5.74, 6) is -0.527. The number of hydrogen-bond donors (Lipinski definition) is 7. The van der Waals surface area contributed by atoms with Crippen molar-refractivity contribution < 1.29 is 39.2 Å². The third-order valence-electron chi connectivity index (χ3n) is 14.0. The van der Waals surface area contributed by atoms with E-state index < -0.39 is 17.7 Å². The van der Waals surface area contributed by atoms with Crippen LogP contribution in [0, 0.1) is 5.92 Å². The number of H-pyrrole nitrogens is 1. The van der Waals surface area contributed by atoms with Gasteiger partial charge in [-0.15, -0.1) is 0 Å². The van der Waals surface area contributed by atoms with Crippen molar-refractivity contribution in [3.05, 3.63) is 213 Å². The fraction of sp³-hybridized carbons (Fsp3) is 0.288. The lowest BCUT2D eigenvalue weighted by atomic mass is 9.86. The van der Waals surface area contributed by atoms with Crippen LogP contribution in [0.1, 0.15) is 85.9 Å². The number of aliphatic hydroxyl groups excluding tert-OH is 1. The first kappa shape index (κ1) is 50.3. The minimum atomic E-state index is -2.06. The molecule has 2 fully saturated rings. The Morgan fingerprint density at radius 2 is 1.34 bits per heavy atom. The smallest absolute Gasteiger partial charge is 0.347 e. The van der Waals surface area contributed by atoms with Gasteiger partial charge >= 0.3 is 5.97 Å². The molecule has 1 saturated carbocycles. The van der Waals surface area contributed by atoms with Gasteiger partial charge in [0.05, 0.1) is 18.2 Å². The summed E-state index contributed by atoms with van der Waals surface area (Å²) in [6.07, 6.45) is 2.84. The van der Waals surface area contributed by atoms with Crippen LogP contribution in [0.4, 0.5) is 0 Å². The lowest BCUT2D eigenvalue weighted by Crippen LogP contribution is -2.53. The number of aromatic hydroxyl groups is 1. The van der Waals surface area contributed by atoms with E-state index in [1.165, 1.54) is 17.7 Å². The Morgan fingerprint density at radius 1 is 0.712 bits per heavy atom. The largest absolute Gasteiger partial charge is 0.506 e. The van der Waals surface area contributed by atoms with Crippen LogP contribution >= 0.6 is 0 Å². The highest BCUT2D eigenvalue weighted by molar-refractivity contribution is 5.95. The Hall–Kier alpha value is -7.62. The summed E-state index contributed by atoms with van der Waals surface area (Å²) in [5, 5.41) is 43.1. The normalized spacial score (nSPS) is 17.2. The number of carbonyl (C=O) groups is 3. The zero-order valence-corrected chi connectivity index (χ0v) is 40.5. The van der Waals surface area contributed by atoms with E-state index in [4.69, 9.17) is 9.47 Å². The van der Waals surface area contributed by atoms with Crippen LogP contribution in [-0.4, -0.2) is 87.9 Å². The first-order chi connectivity index (χ1) is 35.5. The average Bonchev–Trinajstić information content (AvgIpc) is 3.41. The number of benzene rings is 6. The molecule has 14 nitrogen and oxygen atoms in total. The van der Waals surface area contributed by atoms with E-state index in [9.17, 15) is 34.5 Å². The SMILES string of the molecule is O=C(NC1CC(NC(=O)c2ccc(COc3cccc(C(O)(C(=O)OCC4CCN(Cc5ccccc5)CC4)c4ccccc4)c3)cc2)C1)c1ccc(CCNC[C@H](O)c2ccc(O)c3[nH]c(=O)ccc23)cc1. The van der Waals surface area contributed by atoms with Crippen LogP contribution in [0.5, 0.6) is 11.5 Å². The van der Waals surface area contributed by atoms with Crippen molar-refractivity contribution in [2.24, 2.45) is 5.92 Å². The second-order valence-corrected chi connectivity index (χ2v) is 19.2. The summed E-state index contributed by atoms with van der Waals surface area (Å²) >= 11 is 0. The van der Waals surface area contributed by atoms with Crippen LogP contribution in [0.25, 0.3) is 10.9 Å². The lowest BCUT2D eigenvalue weighted by molar-refractivity contribution is -0.164. The van der Waals surface area contributed by atoms with Gasteiger partial charge in [0.15, 0.2) is 0 Å². The van der Waals surface area contributed by atoms with Gasteiger partial charge in [-0.1, -0.05) is 103 Å². The zero-order chi connectivity index (χ0) is 50.7. The molecule has 2 amide bonds. The van der Waals surface area contributed by atoms with Crippen LogP contribution in [0.2, 0.25) is 0 Å². The fourth-order valence-electron chi connectivity index (χ4n) is 9.61. The highest BCUT2D eigenvalue weighted by atomic mass is 16.5. The molecule has 2 aliphatic rings. The zero-order valence-electron chi connectivity index (χ0n) is 40.5. The molecule has 7 aromatic rings. The number of phenolic OH excluding ortho intramolecular Hbond substituents is 1. The first-order valence-electron chi connectivity index (χ1n) is 25.0. The molecule has 1 aromatic heterocycles. The Labute approximate surface area is 424 Å². The molecule has 1 unspecified atom stereocenters. The van der Waals surface area contributed by atoms with Crippen LogP contribution < -0.4 is 26.2 Å². The molecule has 6 aromatic carbocycles. The average molecular weight is 984 g/mol. The van der Waals surface area contributed by atoms with Crippen molar-refractivity contribution in [2.45, 2.75) is 69.0 Å². The molecule has 7 N–H and O–H groups in total. The molecule has 0 bridgehead atoms. The number of rotatable bonds is 20. The third kappa shape index (κ3) is 12.5. The lowest BCUT2D eigenvalue weighted by Gasteiger charge is -2.36. The van der Waals surface area contributed by atoms with E-state index in [1.807, 2.05) is 36.4 Å². The van der Waals surface area contributed by atoms with Gasteiger partial charge in [0.1, 0.15) is 18.1 Å². The van der Waals surface area contributed by atoms with Crippen LogP contribution in [-0.2, 0) is 34.7 Å². The fourth-order valence-corrected chi connectivity index (χ4v) is 9.61. The molecule has 0 spiro atoms. The van der Waals surface area contributed by atoms with Gasteiger partial charge in [-0.05, 0) is 134 Å². The molecular formula is C59H61N5O9. The van der Waals surface area contributed by atoms with E-state index in [-0.39, 0.29) is 66.4 Å². The molecule has 1 aliphatic heterocycles. The number of esters is 1. The molecule has 9 rings (SSSR count). The Morgan fingerprint density at radius 3 is 2.01 bits per heavy atom. The quantitative estimate of drug-likeness (QED) is 0.0305. The number of amides is 2. The summed E-state index contributed by atoms with van der Waals surface area (Å²) in [6.45, 7) is 3.97. The number of aromatic amines is 1. The number of pyridine rings is 1. The molecular weight excluding hydrogens is 923 g/mol. The Bertz CT molecular complexity index is 3050. The van der Waals surface area contributed by atoms with E-state index in [1.54, 1.807) is 84.9 Å². The number of fused-ring (bicyclic) bond motifs is 1.